The van der Waals surface area contributed by atoms with Gasteiger partial charge in [0.15, 0.2) is 18.0 Å². The summed E-state index contributed by atoms with van der Waals surface area (Å²) in [6.07, 6.45) is 0.0786. The molecule has 4 aliphatic rings. The van der Waals surface area contributed by atoms with Crippen molar-refractivity contribution in [2.24, 2.45) is 0 Å². The van der Waals surface area contributed by atoms with E-state index in [9.17, 15) is 4.79 Å². The molecule has 4 aliphatic heterocycles. The topological polar surface area (TPSA) is 84.5 Å². The van der Waals surface area contributed by atoms with Gasteiger partial charge in [0, 0.05) is 6.42 Å². The van der Waals surface area contributed by atoms with Gasteiger partial charge in [0.05, 0.1) is 65.9 Å². The monoisotopic (exact) mass is 389 g/mol. The van der Waals surface area contributed by atoms with Crippen LogP contribution in [0.2, 0.25) is 0 Å². The van der Waals surface area contributed by atoms with Crippen LogP contribution in [0.25, 0.3) is 0 Å². The predicted octanol–water partition coefficient (Wildman–Crippen LogP) is -0.390. The van der Waals surface area contributed by atoms with Crippen molar-refractivity contribution in [1.29, 1.82) is 0 Å². The number of nitrogens with zero attached hydrogens (tertiary/aromatic N) is 2. The van der Waals surface area contributed by atoms with Crippen LogP contribution >= 0.6 is 7.71 Å². The molecule has 0 aromatic carbocycles. The van der Waals surface area contributed by atoms with E-state index < -0.39 is 13.8 Å². The van der Waals surface area contributed by atoms with Crippen LogP contribution in [-0.4, -0.2) is 99.2 Å². The highest BCUT2D eigenvalue weighted by molar-refractivity contribution is 7.70. The minimum absolute atomic E-state index is 0.121. The van der Waals surface area contributed by atoms with Gasteiger partial charge in [-0.2, -0.15) is 0 Å². The van der Waals surface area contributed by atoms with Crippen molar-refractivity contribution in [3.05, 3.63) is 0 Å². The fraction of sp³-hybridized carbons (Fsp3) is 0.938. The molecule has 3 unspecified atom stereocenters. The molecule has 4 rings (SSSR count). The third-order valence-corrected chi connectivity index (χ3v) is 10.1. The lowest BCUT2D eigenvalue weighted by atomic mass is 10.2. The van der Waals surface area contributed by atoms with Gasteiger partial charge in [-0.25, -0.2) is 4.79 Å². The molecule has 0 aromatic heterocycles. The Balaban J connectivity index is 1.62. The minimum atomic E-state index is -1.88. The van der Waals surface area contributed by atoms with Gasteiger partial charge in [-0.1, -0.05) is 0 Å². The van der Waals surface area contributed by atoms with Crippen LogP contribution < -0.4 is 10.4 Å². The summed E-state index contributed by atoms with van der Waals surface area (Å²) in [7, 11) is -1.88. The SMILES string of the molecule is CCOC(=O)C1CC2C(NCN[P+]2(N2CCOCC2)N2CCOCC2)O1. The van der Waals surface area contributed by atoms with Gasteiger partial charge >= 0.3 is 5.97 Å². The van der Waals surface area contributed by atoms with E-state index >= 15 is 0 Å². The van der Waals surface area contributed by atoms with Crippen LogP contribution in [0.5, 0.6) is 0 Å². The molecule has 4 saturated heterocycles. The van der Waals surface area contributed by atoms with Gasteiger partial charge in [0.2, 0.25) is 7.71 Å². The molecule has 2 N–H and O–H groups in total. The fourth-order valence-corrected chi connectivity index (χ4v) is 9.21. The molecule has 9 nitrogen and oxygen atoms in total. The molecule has 0 saturated carbocycles. The molecule has 0 amide bonds. The Labute approximate surface area is 155 Å². The number of esters is 1. The number of carbonyl (C=O) groups is 1. The first-order chi connectivity index (χ1) is 12.8. The molecule has 3 atom stereocenters. The molecule has 10 heteroatoms. The van der Waals surface area contributed by atoms with Gasteiger partial charge < -0.3 is 18.9 Å². The van der Waals surface area contributed by atoms with Crippen LogP contribution in [0.4, 0.5) is 0 Å². The summed E-state index contributed by atoms with van der Waals surface area (Å²) < 4.78 is 27.7. The number of ether oxygens (including phenoxy) is 4. The standard InChI is InChI=1S/C16H30N4O5P/c1-2-24-16(21)13-11-14-15(25-13)17-12-18-26(14,19-3-7-22-8-4-19)20-5-9-23-10-6-20/h13-15,17-18H,2-12H2,1H3/q+1. The van der Waals surface area contributed by atoms with Crippen molar-refractivity contribution in [1.82, 2.24) is 19.7 Å². The first-order valence-corrected chi connectivity index (χ1v) is 11.4. The van der Waals surface area contributed by atoms with E-state index in [1.54, 1.807) is 0 Å². The maximum absolute atomic E-state index is 12.3. The molecule has 4 heterocycles. The molecule has 0 aromatic rings. The molecule has 148 valence electrons. The van der Waals surface area contributed by atoms with Crippen molar-refractivity contribution >= 4 is 13.7 Å². The van der Waals surface area contributed by atoms with Crippen LogP contribution in [0.3, 0.4) is 0 Å². The molecule has 26 heavy (non-hydrogen) atoms. The Morgan fingerprint density at radius 3 is 2.31 bits per heavy atom. The molecule has 0 spiro atoms. The van der Waals surface area contributed by atoms with Gasteiger partial charge in [-0.3, -0.25) is 5.32 Å². The maximum atomic E-state index is 12.3. The Morgan fingerprint density at radius 2 is 1.73 bits per heavy atom. The number of nitrogens with one attached hydrogen (secondary N) is 2. The Bertz CT molecular complexity index is 483. The largest absolute Gasteiger partial charge is 0.464 e. The van der Waals surface area contributed by atoms with Gasteiger partial charge in [-0.05, 0) is 6.92 Å². The third-order valence-electron chi connectivity index (χ3n) is 5.58. The maximum Gasteiger partial charge on any atom is 0.335 e. The first-order valence-electron chi connectivity index (χ1n) is 9.61. The average Bonchev–Trinajstić information content (AvgIpc) is 3.14. The first kappa shape index (κ1) is 19.0. The van der Waals surface area contributed by atoms with Crippen molar-refractivity contribution in [3.8, 4) is 0 Å². The summed E-state index contributed by atoms with van der Waals surface area (Å²) in [5, 5.41) is 7.26. The minimum Gasteiger partial charge on any atom is -0.464 e. The zero-order chi connectivity index (χ0) is 18.0. The van der Waals surface area contributed by atoms with E-state index in [0.29, 0.717) is 19.7 Å². The van der Waals surface area contributed by atoms with E-state index in [-0.39, 0.29) is 17.9 Å². The second-order valence-electron chi connectivity index (χ2n) is 6.92. The molecular weight excluding hydrogens is 359 g/mol. The summed E-state index contributed by atoms with van der Waals surface area (Å²) in [6.45, 7) is 9.53. The lowest BCUT2D eigenvalue weighted by Crippen LogP contribution is -2.62. The average molecular weight is 389 g/mol. The van der Waals surface area contributed by atoms with E-state index in [1.165, 1.54) is 0 Å². The highest BCUT2D eigenvalue weighted by Gasteiger charge is 2.66. The Morgan fingerprint density at radius 1 is 1.12 bits per heavy atom. The van der Waals surface area contributed by atoms with Crippen LogP contribution in [-0.2, 0) is 23.7 Å². The van der Waals surface area contributed by atoms with E-state index in [1.807, 2.05) is 6.92 Å². The van der Waals surface area contributed by atoms with Crippen LogP contribution in [0.1, 0.15) is 13.3 Å². The Kier molecular flexibility index (Phi) is 6.07. The lowest BCUT2D eigenvalue weighted by molar-refractivity contribution is -0.156. The summed E-state index contributed by atoms with van der Waals surface area (Å²) in [4.78, 5) is 12.3. The molecule has 0 radical (unpaired) electrons. The van der Waals surface area contributed by atoms with Gasteiger partial charge in [0.1, 0.15) is 0 Å². The van der Waals surface area contributed by atoms with Gasteiger partial charge in [-0.15, -0.1) is 14.4 Å². The molecule has 4 fully saturated rings. The van der Waals surface area contributed by atoms with Gasteiger partial charge in [0.25, 0.3) is 0 Å². The molecular formula is C16H30N4O5P+. The van der Waals surface area contributed by atoms with E-state index in [4.69, 9.17) is 18.9 Å². The van der Waals surface area contributed by atoms with Crippen molar-refractivity contribution in [3.63, 3.8) is 0 Å². The van der Waals surface area contributed by atoms with Crippen molar-refractivity contribution in [2.75, 3.05) is 65.9 Å². The van der Waals surface area contributed by atoms with E-state index in [0.717, 1.165) is 52.6 Å². The quantitative estimate of drug-likeness (QED) is 0.493. The smallest absolute Gasteiger partial charge is 0.335 e. The summed E-state index contributed by atoms with van der Waals surface area (Å²) in [5.74, 6) is -0.245. The summed E-state index contributed by atoms with van der Waals surface area (Å²) in [6, 6.07) is 0. The zero-order valence-corrected chi connectivity index (χ0v) is 16.3. The number of morpholine rings is 2. The summed E-state index contributed by atoms with van der Waals surface area (Å²) in [5.41, 5.74) is 0.224. The third kappa shape index (κ3) is 3.40. The highest BCUT2D eigenvalue weighted by atomic mass is 31.2. The molecule has 0 bridgehead atoms. The van der Waals surface area contributed by atoms with E-state index in [2.05, 4.69) is 19.7 Å². The number of carbonyl (C=O) groups excluding carboxylic acids is 1. The number of rotatable bonds is 4. The van der Waals surface area contributed by atoms with Crippen molar-refractivity contribution in [2.45, 2.75) is 31.3 Å². The lowest BCUT2D eigenvalue weighted by Gasteiger charge is -2.50. The highest BCUT2D eigenvalue weighted by Crippen LogP contribution is 2.69. The van der Waals surface area contributed by atoms with Crippen molar-refractivity contribution < 1.29 is 23.7 Å². The van der Waals surface area contributed by atoms with Crippen LogP contribution in [0.15, 0.2) is 0 Å². The normalized spacial score (nSPS) is 35.8. The number of hydrogen-bond acceptors (Lipinski definition) is 9. The summed E-state index contributed by atoms with van der Waals surface area (Å²) >= 11 is 0. The fourth-order valence-electron chi connectivity index (χ4n) is 4.47. The second-order valence-corrected chi connectivity index (χ2v) is 10.3. The Hall–Kier alpha value is -0.380. The predicted molar refractivity (Wildman–Crippen MR) is 96.5 cm³/mol. The number of fused-ring (bicyclic) bond motifs is 1. The second kappa shape index (κ2) is 8.32. The number of hydrogen-bond donors (Lipinski definition) is 2. The van der Waals surface area contributed by atoms with Crippen LogP contribution in [0, 0.1) is 0 Å². The molecule has 0 aliphatic carbocycles. The zero-order valence-electron chi connectivity index (χ0n) is 15.4.